The SMILES string of the molecule is Cc1cccc(NC(=O)c2cc(C)nc(Nc3cc(C)cc(C)c3)n2)c1. The lowest BCUT2D eigenvalue weighted by molar-refractivity contribution is 0.102. The Morgan fingerprint density at radius 2 is 1.50 bits per heavy atom. The van der Waals surface area contributed by atoms with Gasteiger partial charge in [0.25, 0.3) is 5.91 Å². The molecule has 0 atom stereocenters. The minimum Gasteiger partial charge on any atom is -0.324 e. The van der Waals surface area contributed by atoms with Gasteiger partial charge in [-0.15, -0.1) is 0 Å². The molecule has 1 heterocycles. The molecule has 2 N–H and O–H groups in total. The second-order valence-corrected chi connectivity index (χ2v) is 6.54. The number of carbonyl (C=O) groups is 1. The maximum Gasteiger partial charge on any atom is 0.274 e. The zero-order chi connectivity index (χ0) is 18.7. The summed E-state index contributed by atoms with van der Waals surface area (Å²) in [5, 5.41) is 6.07. The van der Waals surface area contributed by atoms with E-state index >= 15 is 0 Å². The summed E-state index contributed by atoms with van der Waals surface area (Å²) in [6.07, 6.45) is 0. The highest BCUT2D eigenvalue weighted by Gasteiger charge is 2.11. The number of nitrogens with one attached hydrogen (secondary N) is 2. The second-order valence-electron chi connectivity index (χ2n) is 6.54. The molecule has 0 aliphatic rings. The number of aromatic nitrogens is 2. The molecule has 0 fully saturated rings. The Bertz CT molecular complexity index is 946. The summed E-state index contributed by atoms with van der Waals surface area (Å²) in [6, 6.07) is 15.5. The number of carbonyl (C=O) groups excluding carboxylic acids is 1. The van der Waals surface area contributed by atoms with Gasteiger partial charge in [-0.3, -0.25) is 4.79 Å². The van der Waals surface area contributed by atoms with E-state index in [0.717, 1.165) is 33.8 Å². The molecular formula is C21H22N4O. The highest BCUT2D eigenvalue weighted by Crippen LogP contribution is 2.18. The van der Waals surface area contributed by atoms with Gasteiger partial charge in [-0.05, 0) is 74.7 Å². The van der Waals surface area contributed by atoms with Crippen molar-refractivity contribution in [2.24, 2.45) is 0 Å². The third kappa shape index (κ3) is 4.45. The molecule has 0 saturated heterocycles. The fraction of sp³-hybridized carbons (Fsp3) is 0.190. The maximum absolute atomic E-state index is 12.6. The molecule has 5 heteroatoms. The maximum atomic E-state index is 12.6. The topological polar surface area (TPSA) is 66.9 Å². The molecule has 2 aromatic carbocycles. The van der Waals surface area contributed by atoms with E-state index in [0.29, 0.717) is 11.6 Å². The first-order valence-corrected chi connectivity index (χ1v) is 8.48. The highest BCUT2D eigenvalue weighted by molar-refractivity contribution is 6.03. The zero-order valence-electron chi connectivity index (χ0n) is 15.4. The third-order valence-corrected chi connectivity index (χ3v) is 3.84. The molecule has 0 spiro atoms. The first-order valence-electron chi connectivity index (χ1n) is 8.48. The van der Waals surface area contributed by atoms with E-state index in [9.17, 15) is 4.79 Å². The summed E-state index contributed by atoms with van der Waals surface area (Å²) in [7, 11) is 0. The van der Waals surface area contributed by atoms with E-state index in [-0.39, 0.29) is 5.91 Å². The standard InChI is InChI=1S/C21H22N4O/c1-13-6-5-7-17(9-13)23-20(26)19-12-16(4)22-21(25-19)24-18-10-14(2)8-15(3)11-18/h5-12H,1-4H3,(H,23,26)(H,22,24,25). The van der Waals surface area contributed by atoms with Crippen molar-refractivity contribution in [3.8, 4) is 0 Å². The third-order valence-electron chi connectivity index (χ3n) is 3.84. The van der Waals surface area contributed by atoms with Crippen LogP contribution < -0.4 is 10.6 Å². The minimum absolute atomic E-state index is 0.260. The van der Waals surface area contributed by atoms with Gasteiger partial charge in [0.2, 0.25) is 5.95 Å². The lowest BCUT2D eigenvalue weighted by Crippen LogP contribution is -2.15. The summed E-state index contributed by atoms with van der Waals surface area (Å²) < 4.78 is 0. The molecule has 3 aromatic rings. The average Bonchev–Trinajstić information content (AvgIpc) is 2.53. The highest BCUT2D eigenvalue weighted by atomic mass is 16.1. The molecule has 0 bridgehead atoms. The van der Waals surface area contributed by atoms with E-state index in [1.807, 2.05) is 64.1 Å². The number of amides is 1. The van der Waals surface area contributed by atoms with Gasteiger partial charge in [-0.1, -0.05) is 18.2 Å². The number of hydrogen-bond donors (Lipinski definition) is 2. The summed E-state index contributed by atoms with van der Waals surface area (Å²) in [5.74, 6) is 0.147. The van der Waals surface area contributed by atoms with Crippen molar-refractivity contribution in [3.63, 3.8) is 0 Å². The monoisotopic (exact) mass is 346 g/mol. The van der Waals surface area contributed by atoms with Crippen molar-refractivity contribution in [1.29, 1.82) is 0 Å². The molecule has 1 amide bonds. The molecular weight excluding hydrogens is 324 g/mol. The van der Waals surface area contributed by atoms with Crippen LogP contribution in [0.4, 0.5) is 17.3 Å². The van der Waals surface area contributed by atoms with Crippen LogP contribution in [0.3, 0.4) is 0 Å². The van der Waals surface area contributed by atoms with Crippen LogP contribution in [0.5, 0.6) is 0 Å². The van der Waals surface area contributed by atoms with E-state index in [2.05, 4.69) is 26.7 Å². The van der Waals surface area contributed by atoms with Crippen LogP contribution in [0, 0.1) is 27.7 Å². The summed E-state index contributed by atoms with van der Waals surface area (Å²) in [4.78, 5) is 21.3. The van der Waals surface area contributed by atoms with Gasteiger partial charge in [0.15, 0.2) is 0 Å². The largest absolute Gasteiger partial charge is 0.324 e. The summed E-state index contributed by atoms with van der Waals surface area (Å²) in [6.45, 7) is 7.90. The Balaban J connectivity index is 1.83. The van der Waals surface area contributed by atoms with Gasteiger partial charge in [0.05, 0.1) is 0 Å². The Labute approximate surface area is 153 Å². The van der Waals surface area contributed by atoms with Crippen molar-refractivity contribution < 1.29 is 4.79 Å². The van der Waals surface area contributed by atoms with E-state index in [1.54, 1.807) is 6.07 Å². The second kappa shape index (κ2) is 7.35. The van der Waals surface area contributed by atoms with Crippen molar-refractivity contribution >= 4 is 23.2 Å². The summed E-state index contributed by atoms with van der Waals surface area (Å²) >= 11 is 0. The van der Waals surface area contributed by atoms with Crippen LogP contribution in [0.25, 0.3) is 0 Å². The minimum atomic E-state index is -0.260. The number of benzene rings is 2. The van der Waals surface area contributed by atoms with Gasteiger partial charge in [0, 0.05) is 17.1 Å². The number of anilines is 3. The van der Waals surface area contributed by atoms with E-state index < -0.39 is 0 Å². The lowest BCUT2D eigenvalue weighted by atomic mass is 10.1. The number of rotatable bonds is 4. The van der Waals surface area contributed by atoms with Crippen molar-refractivity contribution in [2.45, 2.75) is 27.7 Å². The molecule has 0 saturated carbocycles. The predicted octanol–water partition coefficient (Wildman–Crippen LogP) is 4.71. The van der Waals surface area contributed by atoms with Gasteiger partial charge in [0.1, 0.15) is 5.69 Å². The van der Waals surface area contributed by atoms with Crippen LogP contribution >= 0.6 is 0 Å². The smallest absolute Gasteiger partial charge is 0.274 e. The quantitative estimate of drug-likeness (QED) is 0.718. The van der Waals surface area contributed by atoms with E-state index in [4.69, 9.17) is 0 Å². The van der Waals surface area contributed by atoms with Crippen LogP contribution in [0.1, 0.15) is 32.9 Å². The van der Waals surface area contributed by atoms with Crippen LogP contribution in [0.15, 0.2) is 48.5 Å². The molecule has 0 aliphatic carbocycles. The molecule has 132 valence electrons. The van der Waals surface area contributed by atoms with Crippen LogP contribution in [0.2, 0.25) is 0 Å². The molecule has 3 rings (SSSR count). The van der Waals surface area contributed by atoms with Crippen molar-refractivity contribution in [2.75, 3.05) is 10.6 Å². The Kier molecular flexibility index (Phi) is 4.98. The Morgan fingerprint density at radius 3 is 2.19 bits per heavy atom. The van der Waals surface area contributed by atoms with Gasteiger partial charge >= 0.3 is 0 Å². The average molecular weight is 346 g/mol. The fourth-order valence-electron chi connectivity index (χ4n) is 2.83. The van der Waals surface area contributed by atoms with Crippen molar-refractivity contribution in [1.82, 2.24) is 9.97 Å². The molecule has 0 radical (unpaired) electrons. The number of nitrogens with zero attached hydrogens (tertiary/aromatic N) is 2. The van der Waals surface area contributed by atoms with E-state index in [1.165, 1.54) is 0 Å². The van der Waals surface area contributed by atoms with Crippen molar-refractivity contribution in [3.05, 3.63) is 76.6 Å². The first kappa shape index (κ1) is 17.6. The zero-order valence-corrected chi connectivity index (χ0v) is 15.4. The van der Waals surface area contributed by atoms with Gasteiger partial charge in [-0.25, -0.2) is 9.97 Å². The molecule has 5 nitrogen and oxygen atoms in total. The Morgan fingerprint density at radius 1 is 0.808 bits per heavy atom. The van der Waals surface area contributed by atoms with Crippen LogP contribution in [-0.2, 0) is 0 Å². The number of aryl methyl sites for hydroxylation is 4. The Hall–Kier alpha value is -3.21. The fourth-order valence-corrected chi connectivity index (χ4v) is 2.83. The van der Waals surface area contributed by atoms with Gasteiger partial charge in [-0.2, -0.15) is 0 Å². The molecule has 26 heavy (non-hydrogen) atoms. The number of hydrogen-bond acceptors (Lipinski definition) is 4. The van der Waals surface area contributed by atoms with Gasteiger partial charge < -0.3 is 10.6 Å². The summed E-state index contributed by atoms with van der Waals surface area (Å²) in [5.41, 5.74) is 6.08. The molecule has 1 aromatic heterocycles. The first-order chi connectivity index (χ1) is 12.4. The predicted molar refractivity (Wildman–Crippen MR) is 105 cm³/mol. The molecule has 0 unspecified atom stereocenters. The molecule has 0 aliphatic heterocycles. The lowest BCUT2D eigenvalue weighted by Gasteiger charge is -2.10. The normalized spacial score (nSPS) is 10.5. The van der Waals surface area contributed by atoms with Crippen LogP contribution in [-0.4, -0.2) is 15.9 Å².